The van der Waals surface area contributed by atoms with Crippen LogP contribution in [0.2, 0.25) is 0 Å². The first kappa shape index (κ1) is 15.2. The molecule has 1 aliphatic rings. The molecule has 1 fully saturated rings. The third-order valence-electron chi connectivity index (χ3n) is 3.03. The maximum atomic E-state index is 12.5. The topological polar surface area (TPSA) is 72.6 Å². The van der Waals surface area contributed by atoms with Crippen molar-refractivity contribution in [3.05, 3.63) is 0 Å². The lowest BCUT2D eigenvalue weighted by molar-refractivity contribution is -0.150. The van der Waals surface area contributed by atoms with Gasteiger partial charge >= 0.3 is 0 Å². The van der Waals surface area contributed by atoms with Gasteiger partial charge in [0.05, 0.1) is 18.6 Å². The number of alkyl halides is 2. The zero-order valence-corrected chi connectivity index (χ0v) is 11.2. The Morgan fingerprint density at radius 1 is 1.50 bits per heavy atom. The number of ether oxygens (including phenoxy) is 1. The lowest BCUT2D eigenvalue weighted by Gasteiger charge is -2.39. The van der Waals surface area contributed by atoms with Crippen LogP contribution in [0.5, 0.6) is 0 Å². The van der Waals surface area contributed by atoms with E-state index in [-0.39, 0.29) is 24.5 Å². The van der Waals surface area contributed by atoms with E-state index >= 15 is 0 Å². The lowest BCUT2D eigenvalue weighted by atomic mass is 9.96. The van der Waals surface area contributed by atoms with E-state index in [1.165, 1.54) is 4.90 Å². The zero-order chi connectivity index (χ0) is 13.9. The van der Waals surface area contributed by atoms with Crippen LogP contribution in [0, 0.1) is 11.8 Å². The second-order valence-corrected chi connectivity index (χ2v) is 5.14. The van der Waals surface area contributed by atoms with E-state index < -0.39 is 17.4 Å². The number of carbonyl (C=O) groups is 2. The molecule has 0 aromatic heterocycles. The van der Waals surface area contributed by atoms with Crippen LogP contribution in [0.15, 0.2) is 0 Å². The molecular weight excluding hydrogens is 263 g/mol. The van der Waals surface area contributed by atoms with Gasteiger partial charge in [0.2, 0.25) is 5.91 Å². The van der Waals surface area contributed by atoms with E-state index in [1.807, 2.05) is 13.8 Å². The van der Waals surface area contributed by atoms with Crippen molar-refractivity contribution in [2.45, 2.75) is 25.6 Å². The number of carbonyl (C=O) groups excluding carboxylic acids is 2. The van der Waals surface area contributed by atoms with Crippen molar-refractivity contribution in [1.29, 1.82) is 0 Å². The number of halogens is 2. The molecule has 2 N–H and O–H groups in total. The first-order valence-corrected chi connectivity index (χ1v) is 6.24. The number of likely N-dealkylation sites (tertiary alicyclic amines) is 1. The van der Waals surface area contributed by atoms with Crippen molar-refractivity contribution in [3.63, 3.8) is 0 Å². The molecule has 18 heavy (non-hydrogen) atoms. The van der Waals surface area contributed by atoms with Crippen LogP contribution in [-0.2, 0) is 14.3 Å². The predicted octanol–water partition coefficient (Wildman–Crippen LogP) is 0.506. The Kier molecular flexibility index (Phi) is 5.34. The molecule has 1 heterocycles. The first-order chi connectivity index (χ1) is 8.32. The largest absolute Gasteiger partial charge is 0.374 e. The summed E-state index contributed by atoms with van der Waals surface area (Å²) in [6.45, 7) is 4.60. The van der Waals surface area contributed by atoms with Gasteiger partial charge in [0, 0.05) is 13.1 Å². The van der Waals surface area contributed by atoms with Gasteiger partial charge in [-0.1, -0.05) is 25.4 Å². The summed E-state index contributed by atoms with van der Waals surface area (Å²) in [5.74, 6) is -1.40. The van der Waals surface area contributed by atoms with Gasteiger partial charge in [-0.15, -0.1) is 0 Å². The Hall–Kier alpha value is -0.880. The molecular formula is C11H18ClFN2O3. The van der Waals surface area contributed by atoms with Gasteiger partial charge < -0.3 is 15.4 Å². The van der Waals surface area contributed by atoms with Gasteiger partial charge in [-0.05, 0) is 5.92 Å². The quantitative estimate of drug-likeness (QED) is 0.721. The zero-order valence-electron chi connectivity index (χ0n) is 10.4. The van der Waals surface area contributed by atoms with E-state index in [1.54, 1.807) is 0 Å². The summed E-state index contributed by atoms with van der Waals surface area (Å²) >= 11 is 5.03. The highest BCUT2D eigenvalue weighted by molar-refractivity contribution is 6.29. The van der Waals surface area contributed by atoms with Gasteiger partial charge in [-0.2, -0.15) is 0 Å². The summed E-state index contributed by atoms with van der Waals surface area (Å²) in [7, 11) is 0. The van der Waals surface area contributed by atoms with Gasteiger partial charge in [0.1, 0.15) is 0 Å². The molecule has 0 saturated carbocycles. The van der Waals surface area contributed by atoms with Gasteiger partial charge in [-0.3, -0.25) is 9.59 Å². The highest BCUT2D eigenvalue weighted by Crippen LogP contribution is 2.18. The fraction of sp³-hybridized carbons (Fsp3) is 0.818. The van der Waals surface area contributed by atoms with Gasteiger partial charge in [0.15, 0.2) is 0 Å². The van der Waals surface area contributed by atoms with E-state index in [0.717, 1.165) is 0 Å². The van der Waals surface area contributed by atoms with Crippen molar-refractivity contribution in [3.8, 4) is 0 Å². The molecule has 0 aromatic rings. The Labute approximate surface area is 110 Å². The number of hydrogen-bond acceptors (Lipinski definition) is 3. The molecule has 104 valence electrons. The highest BCUT2D eigenvalue weighted by Gasteiger charge is 2.35. The molecule has 5 nitrogen and oxygen atoms in total. The first-order valence-electron chi connectivity index (χ1n) is 5.80. The predicted molar refractivity (Wildman–Crippen MR) is 64.6 cm³/mol. The van der Waals surface area contributed by atoms with Crippen LogP contribution in [0.3, 0.4) is 0 Å². The van der Waals surface area contributed by atoms with Crippen molar-refractivity contribution < 1.29 is 18.7 Å². The minimum Gasteiger partial charge on any atom is -0.374 e. The van der Waals surface area contributed by atoms with E-state index in [4.69, 9.17) is 22.1 Å². The summed E-state index contributed by atoms with van der Waals surface area (Å²) in [6.07, 6.45) is -0.176. The summed E-state index contributed by atoms with van der Waals surface area (Å²) in [4.78, 5) is 23.5. The van der Waals surface area contributed by atoms with Crippen molar-refractivity contribution in [2.24, 2.45) is 17.6 Å². The molecule has 0 aliphatic carbocycles. The number of hydrogen-bond donors (Lipinski definition) is 1. The Bertz CT molecular complexity index is 319. The molecule has 1 aliphatic heterocycles. The Morgan fingerprint density at radius 2 is 2.06 bits per heavy atom. The van der Waals surface area contributed by atoms with Gasteiger partial charge in [0.25, 0.3) is 11.5 Å². The number of primary amides is 1. The molecule has 0 spiro atoms. The minimum atomic E-state index is -2.00. The molecule has 0 aromatic carbocycles. The molecule has 0 radical (unpaired) electrons. The van der Waals surface area contributed by atoms with Crippen LogP contribution < -0.4 is 5.73 Å². The highest BCUT2D eigenvalue weighted by atomic mass is 35.5. The van der Waals surface area contributed by atoms with E-state index in [2.05, 4.69) is 0 Å². The van der Waals surface area contributed by atoms with Crippen LogP contribution in [-0.4, -0.2) is 48.1 Å². The molecule has 0 bridgehead atoms. The van der Waals surface area contributed by atoms with Crippen molar-refractivity contribution in [2.75, 3.05) is 19.7 Å². The SMILES string of the molecule is CC(C)C(COC1CN(C(=O)C(F)Cl)C1)C(N)=O. The number of amides is 2. The molecule has 2 amide bonds. The summed E-state index contributed by atoms with van der Waals surface area (Å²) in [5.41, 5.74) is 3.25. The monoisotopic (exact) mass is 280 g/mol. The Morgan fingerprint density at radius 3 is 2.44 bits per heavy atom. The fourth-order valence-corrected chi connectivity index (χ4v) is 1.84. The van der Waals surface area contributed by atoms with Crippen LogP contribution >= 0.6 is 11.6 Å². The second-order valence-electron chi connectivity index (χ2n) is 4.75. The standard InChI is InChI=1S/C11H18ClFN2O3/c1-6(2)8(10(14)16)5-18-7-3-15(4-7)11(17)9(12)13/h6-9H,3-5H2,1-2H3,(H2,14,16). The van der Waals surface area contributed by atoms with Crippen molar-refractivity contribution in [1.82, 2.24) is 4.90 Å². The molecule has 2 atom stereocenters. The van der Waals surface area contributed by atoms with Crippen LogP contribution in [0.25, 0.3) is 0 Å². The molecule has 2 unspecified atom stereocenters. The minimum absolute atomic E-state index is 0.0957. The molecule has 7 heteroatoms. The molecule has 1 saturated heterocycles. The fourth-order valence-electron chi connectivity index (χ4n) is 1.70. The maximum absolute atomic E-state index is 12.5. The summed E-state index contributed by atoms with van der Waals surface area (Å²) in [5, 5.41) is 0. The van der Waals surface area contributed by atoms with Gasteiger partial charge in [-0.25, -0.2) is 4.39 Å². The molecule has 1 rings (SSSR count). The smallest absolute Gasteiger partial charge is 0.272 e. The van der Waals surface area contributed by atoms with Crippen molar-refractivity contribution >= 4 is 23.4 Å². The summed E-state index contributed by atoms with van der Waals surface area (Å²) < 4.78 is 18.0. The lowest BCUT2D eigenvalue weighted by Crippen LogP contribution is -2.56. The average molecular weight is 281 g/mol. The summed E-state index contributed by atoms with van der Waals surface area (Å²) in [6, 6.07) is 0. The number of rotatable bonds is 6. The van der Waals surface area contributed by atoms with E-state index in [0.29, 0.717) is 13.1 Å². The third-order valence-corrected chi connectivity index (χ3v) is 3.21. The third kappa shape index (κ3) is 3.81. The number of nitrogens with zero attached hydrogens (tertiary/aromatic N) is 1. The average Bonchev–Trinajstić information content (AvgIpc) is 2.18. The Balaban J connectivity index is 2.28. The second kappa shape index (κ2) is 6.33. The van der Waals surface area contributed by atoms with Crippen LogP contribution in [0.1, 0.15) is 13.8 Å². The van der Waals surface area contributed by atoms with Crippen LogP contribution in [0.4, 0.5) is 4.39 Å². The maximum Gasteiger partial charge on any atom is 0.272 e. The number of nitrogens with two attached hydrogens (primary N) is 1. The normalized spacial score (nSPS) is 19.5. The van der Waals surface area contributed by atoms with E-state index in [9.17, 15) is 14.0 Å².